The first-order valence-corrected chi connectivity index (χ1v) is 7.98. The Labute approximate surface area is 129 Å². The molecule has 2 rings (SSSR count). The van der Waals surface area contributed by atoms with Crippen molar-refractivity contribution in [3.05, 3.63) is 49.9 Å². The number of halogens is 3. The molecule has 1 heterocycles. The van der Waals surface area contributed by atoms with E-state index in [1.165, 1.54) is 0 Å². The third-order valence-corrected chi connectivity index (χ3v) is 4.73. The number of thiazole rings is 1. The normalized spacial score (nSPS) is 12.7. The van der Waals surface area contributed by atoms with Crippen LogP contribution in [0.15, 0.2) is 22.0 Å². The lowest BCUT2D eigenvalue weighted by Gasteiger charge is -2.19. The van der Waals surface area contributed by atoms with Crippen molar-refractivity contribution >= 4 is 27.3 Å². The van der Waals surface area contributed by atoms with Gasteiger partial charge in [0, 0.05) is 23.5 Å². The standard InChI is InChI=1S/C14H15BrF2N2S/c1-3-18-11(6-12-19-8(2)7-20-12)9-4-5-10(16)14(17)13(9)15/h4-5,7,11,18H,3,6H2,1-2H3. The predicted molar refractivity (Wildman–Crippen MR) is 81.0 cm³/mol. The fraction of sp³-hybridized carbons (Fsp3) is 0.357. The Hall–Kier alpha value is -0.850. The summed E-state index contributed by atoms with van der Waals surface area (Å²) in [7, 11) is 0. The van der Waals surface area contributed by atoms with Crippen molar-refractivity contribution < 1.29 is 8.78 Å². The Bertz CT molecular complexity index is 601. The number of benzene rings is 1. The van der Waals surface area contributed by atoms with E-state index in [0.29, 0.717) is 12.0 Å². The maximum Gasteiger partial charge on any atom is 0.173 e. The molecule has 0 spiro atoms. The molecule has 6 heteroatoms. The first-order valence-electron chi connectivity index (χ1n) is 6.30. The Morgan fingerprint density at radius 3 is 2.75 bits per heavy atom. The Morgan fingerprint density at radius 2 is 2.15 bits per heavy atom. The van der Waals surface area contributed by atoms with Crippen LogP contribution in [0.3, 0.4) is 0 Å². The summed E-state index contributed by atoms with van der Waals surface area (Å²) in [5.41, 5.74) is 1.68. The molecule has 0 aliphatic carbocycles. The van der Waals surface area contributed by atoms with Gasteiger partial charge in [-0.1, -0.05) is 13.0 Å². The summed E-state index contributed by atoms with van der Waals surface area (Å²) in [5, 5.41) is 6.25. The second-order valence-electron chi connectivity index (χ2n) is 4.46. The Morgan fingerprint density at radius 1 is 1.40 bits per heavy atom. The van der Waals surface area contributed by atoms with Gasteiger partial charge in [0.2, 0.25) is 0 Å². The molecule has 0 fully saturated rings. The van der Waals surface area contributed by atoms with Crippen LogP contribution in [0, 0.1) is 18.6 Å². The van der Waals surface area contributed by atoms with E-state index in [0.717, 1.165) is 23.3 Å². The maximum atomic E-state index is 13.7. The van der Waals surface area contributed by atoms with Gasteiger partial charge in [0.05, 0.1) is 9.48 Å². The quantitative estimate of drug-likeness (QED) is 0.800. The third-order valence-electron chi connectivity index (χ3n) is 2.94. The van der Waals surface area contributed by atoms with Crippen molar-refractivity contribution in [2.45, 2.75) is 26.3 Å². The zero-order valence-electron chi connectivity index (χ0n) is 11.2. The lowest BCUT2D eigenvalue weighted by Crippen LogP contribution is -2.23. The van der Waals surface area contributed by atoms with Crippen molar-refractivity contribution in [3.63, 3.8) is 0 Å². The molecule has 1 aromatic carbocycles. The molecule has 1 N–H and O–H groups in total. The summed E-state index contributed by atoms with van der Waals surface area (Å²) in [4.78, 5) is 4.42. The molecule has 0 bridgehead atoms. The van der Waals surface area contributed by atoms with E-state index in [2.05, 4.69) is 26.2 Å². The van der Waals surface area contributed by atoms with Crippen molar-refractivity contribution in [3.8, 4) is 0 Å². The van der Waals surface area contributed by atoms with Crippen LogP contribution < -0.4 is 5.32 Å². The van der Waals surface area contributed by atoms with Gasteiger partial charge in [0.25, 0.3) is 0 Å². The molecule has 2 aromatic rings. The molecule has 1 unspecified atom stereocenters. The van der Waals surface area contributed by atoms with Crippen LogP contribution >= 0.6 is 27.3 Å². The molecule has 0 saturated carbocycles. The fourth-order valence-corrected chi connectivity index (χ4v) is 3.44. The first-order chi connectivity index (χ1) is 9.52. The van der Waals surface area contributed by atoms with Gasteiger partial charge in [-0.25, -0.2) is 13.8 Å². The van der Waals surface area contributed by atoms with Crippen molar-refractivity contribution in [2.75, 3.05) is 6.54 Å². The number of likely N-dealkylation sites (N-methyl/N-ethyl adjacent to an activating group) is 1. The summed E-state index contributed by atoms with van der Waals surface area (Å²) >= 11 is 4.73. The van der Waals surface area contributed by atoms with E-state index in [9.17, 15) is 8.78 Å². The van der Waals surface area contributed by atoms with E-state index in [1.54, 1.807) is 17.4 Å². The van der Waals surface area contributed by atoms with Gasteiger partial charge in [-0.2, -0.15) is 0 Å². The third kappa shape index (κ3) is 3.42. The predicted octanol–water partition coefficient (Wildman–Crippen LogP) is 4.39. The van der Waals surface area contributed by atoms with Gasteiger partial charge < -0.3 is 5.32 Å². The second-order valence-corrected chi connectivity index (χ2v) is 6.20. The number of aryl methyl sites for hydroxylation is 1. The van der Waals surface area contributed by atoms with Crippen LogP contribution in [0.5, 0.6) is 0 Å². The topological polar surface area (TPSA) is 24.9 Å². The number of nitrogens with one attached hydrogen (secondary N) is 1. The van der Waals surface area contributed by atoms with Crippen LogP contribution in [0.25, 0.3) is 0 Å². The molecular formula is C14H15BrF2N2S. The highest BCUT2D eigenvalue weighted by Gasteiger charge is 2.20. The van der Waals surface area contributed by atoms with Crippen LogP contribution in [0.2, 0.25) is 0 Å². The van der Waals surface area contributed by atoms with Gasteiger partial charge >= 0.3 is 0 Å². The van der Waals surface area contributed by atoms with Gasteiger partial charge in [-0.15, -0.1) is 11.3 Å². The monoisotopic (exact) mass is 360 g/mol. The summed E-state index contributed by atoms with van der Waals surface area (Å²) < 4.78 is 27.1. The first kappa shape index (κ1) is 15.5. The molecule has 0 aliphatic rings. The highest BCUT2D eigenvalue weighted by Crippen LogP contribution is 2.30. The summed E-state index contributed by atoms with van der Waals surface area (Å²) in [6, 6.07) is 2.67. The second kappa shape index (κ2) is 6.74. The van der Waals surface area contributed by atoms with Crippen LogP contribution in [-0.4, -0.2) is 11.5 Å². The largest absolute Gasteiger partial charge is 0.310 e. The highest BCUT2D eigenvalue weighted by molar-refractivity contribution is 9.10. The lowest BCUT2D eigenvalue weighted by atomic mass is 10.0. The molecule has 1 atom stereocenters. The lowest BCUT2D eigenvalue weighted by molar-refractivity contribution is 0.491. The zero-order valence-corrected chi connectivity index (χ0v) is 13.6. The van der Waals surface area contributed by atoms with Gasteiger partial charge in [-0.3, -0.25) is 0 Å². The highest BCUT2D eigenvalue weighted by atomic mass is 79.9. The van der Waals surface area contributed by atoms with E-state index in [1.807, 2.05) is 19.2 Å². The molecule has 20 heavy (non-hydrogen) atoms. The van der Waals surface area contributed by atoms with Crippen LogP contribution in [0.4, 0.5) is 8.78 Å². The van der Waals surface area contributed by atoms with Crippen LogP contribution in [-0.2, 0) is 6.42 Å². The average molecular weight is 361 g/mol. The summed E-state index contributed by atoms with van der Waals surface area (Å²) in [5.74, 6) is -1.69. The number of hydrogen-bond donors (Lipinski definition) is 1. The number of nitrogens with zero attached hydrogens (tertiary/aromatic N) is 1. The van der Waals surface area contributed by atoms with Crippen molar-refractivity contribution in [1.29, 1.82) is 0 Å². The average Bonchev–Trinajstić information content (AvgIpc) is 2.81. The van der Waals surface area contributed by atoms with Crippen LogP contribution in [0.1, 0.15) is 29.2 Å². The fourth-order valence-electron chi connectivity index (χ4n) is 2.02. The molecule has 0 aliphatic heterocycles. The van der Waals surface area contributed by atoms with Crippen molar-refractivity contribution in [1.82, 2.24) is 10.3 Å². The molecule has 0 saturated heterocycles. The minimum Gasteiger partial charge on any atom is -0.310 e. The van der Waals surface area contributed by atoms with E-state index < -0.39 is 11.6 Å². The smallest absolute Gasteiger partial charge is 0.173 e. The summed E-state index contributed by atoms with van der Waals surface area (Å²) in [6.07, 6.45) is 0.649. The molecule has 108 valence electrons. The minimum atomic E-state index is -0.847. The Balaban J connectivity index is 2.31. The number of hydrogen-bond acceptors (Lipinski definition) is 3. The Kier molecular flexibility index (Phi) is 5.23. The van der Waals surface area contributed by atoms with E-state index in [4.69, 9.17) is 0 Å². The van der Waals surface area contributed by atoms with Gasteiger partial charge in [-0.05, 0) is 41.0 Å². The maximum absolute atomic E-state index is 13.7. The molecule has 0 radical (unpaired) electrons. The van der Waals surface area contributed by atoms with Gasteiger partial charge in [0.15, 0.2) is 11.6 Å². The molecule has 0 amide bonds. The zero-order chi connectivity index (χ0) is 14.7. The van der Waals surface area contributed by atoms with E-state index in [-0.39, 0.29) is 10.5 Å². The number of rotatable bonds is 5. The SMILES string of the molecule is CCNC(Cc1nc(C)cs1)c1ccc(F)c(F)c1Br. The summed E-state index contributed by atoms with van der Waals surface area (Å²) in [6.45, 7) is 4.66. The molecular weight excluding hydrogens is 346 g/mol. The molecule has 1 aromatic heterocycles. The molecule has 2 nitrogen and oxygen atoms in total. The van der Waals surface area contributed by atoms with Gasteiger partial charge in [0.1, 0.15) is 0 Å². The van der Waals surface area contributed by atoms with Crippen molar-refractivity contribution in [2.24, 2.45) is 0 Å². The minimum absolute atomic E-state index is 0.102. The number of aromatic nitrogens is 1. The van der Waals surface area contributed by atoms with E-state index >= 15 is 0 Å².